The Morgan fingerprint density at radius 3 is 2.41 bits per heavy atom. The van der Waals surface area contributed by atoms with Gasteiger partial charge in [0, 0.05) is 44.3 Å². The highest BCUT2D eigenvalue weighted by atomic mass is 16.1. The maximum atomic E-state index is 12.4. The fraction of sp³-hybridized carbons (Fsp3) is 0.200. The Hall–Kier alpha value is -4.06. The van der Waals surface area contributed by atoms with Gasteiger partial charge in [0.2, 0.25) is 5.95 Å². The van der Waals surface area contributed by atoms with E-state index >= 15 is 0 Å². The lowest BCUT2D eigenvalue weighted by atomic mass is 10.2. The van der Waals surface area contributed by atoms with Crippen LogP contribution in [0.3, 0.4) is 0 Å². The normalized spacial score (nSPS) is 13.6. The number of nitriles is 1. The lowest BCUT2D eigenvalue weighted by Gasteiger charge is -2.35. The third-order valence-corrected chi connectivity index (χ3v) is 4.57. The summed E-state index contributed by atoms with van der Waals surface area (Å²) in [6.07, 6.45) is 3.47. The fourth-order valence-corrected chi connectivity index (χ4v) is 3.07. The number of piperazine rings is 1. The quantitative estimate of drug-likeness (QED) is 0.721. The molecule has 3 aromatic rings. The summed E-state index contributed by atoms with van der Waals surface area (Å²) < 4.78 is 0. The van der Waals surface area contributed by atoms with E-state index in [1.165, 1.54) is 0 Å². The van der Waals surface area contributed by atoms with Crippen LogP contribution >= 0.6 is 0 Å². The molecule has 0 atom stereocenters. The van der Waals surface area contributed by atoms with Gasteiger partial charge in [0.25, 0.3) is 5.91 Å². The Bertz CT molecular complexity index is 1020. The summed E-state index contributed by atoms with van der Waals surface area (Å²) in [6.45, 7) is 3.09. The van der Waals surface area contributed by atoms with E-state index in [4.69, 9.17) is 5.26 Å². The number of hydrogen-bond donors (Lipinski definition) is 1. The third kappa shape index (κ3) is 4.27. The van der Waals surface area contributed by atoms with E-state index in [2.05, 4.69) is 35.3 Å². The average molecular weight is 386 g/mol. The largest absolute Gasteiger partial charge is 0.352 e. The van der Waals surface area contributed by atoms with Crippen molar-refractivity contribution in [2.45, 2.75) is 0 Å². The molecule has 1 aliphatic rings. The number of carbonyl (C=O) groups excluding carboxylic acids is 1. The summed E-state index contributed by atoms with van der Waals surface area (Å²) >= 11 is 0. The van der Waals surface area contributed by atoms with E-state index in [0.717, 1.165) is 37.9 Å². The number of nitrogens with zero attached hydrogens (tertiary/aromatic N) is 7. The number of hydrogen-bond acceptors (Lipinski definition) is 8. The molecule has 0 saturated carbocycles. The van der Waals surface area contributed by atoms with E-state index in [9.17, 15) is 4.79 Å². The van der Waals surface area contributed by atoms with Gasteiger partial charge in [-0.15, -0.1) is 10.2 Å². The molecule has 0 spiro atoms. The van der Waals surface area contributed by atoms with E-state index in [0.29, 0.717) is 11.3 Å². The first-order valence-corrected chi connectivity index (χ1v) is 9.15. The molecule has 1 aromatic carbocycles. The van der Waals surface area contributed by atoms with Crippen LogP contribution in [0.1, 0.15) is 16.1 Å². The maximum absolute atomic E-state index is 12.4. The molecule has 1 N–H and O–H groups in total. The summed E-state index contributed by atoms with van der Waals surface area (Å²) in [6, 6.07) is 14.0. The number of benzene rings is 1. The van der Waals surface area contributed by atoms with Crippen LogP contribution in [0.4, 0.5) is 17.5 Å². The van der Waals surface area contributed by atoms with Crippen LogP contribution in [0.15, 0.2) is 54.9 Å². The average Bonchev–Trinajstić information content (AvgIpc) is 2.80. The summed E-state index contributed by atoms with van der Waals surface area (Å²) in [5.41, 5.74) is 1.23. The van der Waals surface area contributed by atoms with Gasteiger partial charge in [-0.2, -0.15) is 5.26 Å². The molecule has 1 amide bonds. The van der Waals surface area contributed by atoms with Crippen molar-refractivity contribution >= 4 is 23.4 Å². The van der Waals surface area contributed by atoms with Gasteiger partial charge in [-0.3, -0.25) is 4.79 Å². The van der Waals surface area contributed by atoms with Crippen LogP contribution < -0.4 is 15.1 Å². The Morgan fingerprint density at radius 2 is 1.72 bits per heavy atom. The van der Waals surface area contributed by atoms with Crippen molar-refractivity contribution in [3.05, 3.63) is 66.1 Å². The monoisotopic (exact) mass is 386 g/mol. The molecule has 29 heavy (non-hydrogen) atoms. The van der Waals surface area contributed by atoms with Gasteiger partial charge in [-0.25, -0.2) is 9.97 Å². The van der Waals surface area contributed by atoms with Crippen LogP contribution in [0.2, 0.25) is 0 Å². The number of nitrogens with one attached hydrogen (secondary N) is 1. The van der Waals surface area contributed by atoms with Crippen molar-refractivity contribution in [2.24, 2.45) is 0 Å². The SMILES string of the molecule is N#Cc1cccc(NC(=O)c2ccc(N3CCN(c4ncccn4)CC3)nn2)c1. The highest BCUT2D eigenvalue weighted by Gasteiger charge is 2.20. The minimum absolute atomic E-state index is 0.215. The minimum atomic E-state index is -0.370. The van der Waals surface area contributed by atoms with Crippen LogP contribution in [-0.2, 0) is 0 Å². The zero-order valence-corrected chi connectivity index (χ0v) is 15.6. The Labute approximate surface area is 167 Å². The van der Waals surface area contributed by atoms with Gasteiger partial charge in [0.1, 0.15) is 0 Å². The zero-order valence-electron chi connectivity index (χ0n) is 15.6. The van der Waals surface area contributed by atoms with E-state index in [-0.39, 0.29) is 11.6 Å². The smallest absolute Gasteiger partial charge is 0.276 e. The summed E-state index contributed by atoms with van der Waals surface area (Å²) in [5.74, 6) is 1.08. The van der Waals surface area contributed by atoms with Crippen LogP contribution in [0, 0.1) is 11.3 Å². The number of rotatable bonds is 4. The second kappa shape index (κ2) is 8.31. The van der Waals surface area contributed by atoms with Gasteiger partial charge >= 0.3 is 0 Å². The van der Waals surface area contributed by atoms with Gasteiger partial charge in [0.05, 0.1) is 11.6 Å². The van der Waals surface area contributed by atoms with Crippen molar-refractivity contribution in [3.8, 4) is 6.07 Å². The predicted octanol–water partition coefficient (Wildman–Crippen LogP) is 1.72. The summed E-state index contributed by atoms with van der Waals surface area (Å²) in [5, 5.41) is 20.0. The lowest BCUT2D eigenvalue weighted by Crippen LogP contribution is -2.47. The van der Waals surface area contributed by atoms with Crippen LogP contribution in [0.25, 0.3) is 0 Å². The molecule has 9 heteroatoms. The third-order valence-electron chi connectivity index (χ3n) is 4.57. The first kappa shape index (κ1) is 18.3. The highest BCUT2D eigenvalue weighted by molar-refractivity contribution is 6.02. The second-order valence-electron chi connectivity index (χ2n) is 6.45. The van der Waals surface area contributed by atoms with Gasteiger partial charge in [-0.05, 0) is 36.4 Å². The van der Waals surface area contributed by atoms with E-state index in [1.807, 2.05) is 6.07 Å². The van der Waals surface area contributed by atoms with Gasteiger partial charge < -0.3 is 15.1 Å². The molecule has 1 aliphatic heterocycles. The predicted molar refractivity (Wildman–Crippen MR) is 108 cm³/mol. The first-order chi connectivity index (χ1) is 14.2. The molecule has 4 rings (SSSR count). The molecule has 1 saturated heterocycles. The molecule has 9 nitrogen and oxygen atoms in total. The van der Waals surface area contributed by atoms with Crippen molar-refractivity contribution in [1.82, 2.24) is 20.2 Å². The molecular weight excluding hydrogens is 368 g/mol. The van der Waals surface area contributed by atoms with Crippen molar-refractivity contribution in [2.75, 3.05) is 41.3 Å². The standard InChI is InChI=1S/C20H18N8O/c21-14-15-3-1-4-16(13-15)24-19(29)17-5-6-18(26-25-17)27-9-11-28(12-10-27)20-22-7-2-8-23-20/h1-8,13H,9-12H2,(H,24,29). The zero-order chi connectivity index (χ0) is 20.1. The maximum Gasteiger partial charge on any atom is 0.276 e. The fourth-order valence-electron chi connectivity index (χ4n) is 3.07. The van der Waals surface area contributed by atoms with Gasteiger partial charge in [-0.1, -0.05) is 6.07 Å². The van der Waals surface area contributed by atoms with Crippen LogP contribution in [0.5, 0.6) is 0 Å². The molecule has 3 heterocycles. The number of aromatic nitrogens is 4. The lowest BCUT2D eigenvalue weighted by molar-refractivity contribution is 0.102. The summed E-state index contributed by atoms with van der Waals surface area (Å²) in [4.78, 5) is 25.2. The van der Waals surface area contributed by atoms with E-state index in [1.54, 1.807) is 54.9 Å². The summed E-state index contributed by atoms with van der Waals surface area (Å²) in [7, 11) is 0. The Morgan fingerprint density at radius 1 is 0.966 bits per heavy atom. The van der Waals surface area contributed by atoms with Crippen molar-refractivity contribution in [3.63, 3.8) is 0 Å². The number of anilines is 3. The Kier molecular flexibility index (Phi) is 5.25. The topological polar surface area (TPSA) is 111 Å². The highest BCUT2D eigenvalue weighted by Crippen LogP contribution is 2.16. The molecule has 2 aromatic heterocycles. The number of amides is 1. The minimum Gasteiger partial charge on any atom is -0.352 e. The van der Waals surface area contributed by atoms with Crippen molar-refractivity contribution in [1.29, 1.82) is 5.26 Å². The van der Waals surface area contributed by atoms with Crippen molar-refractivity contribution < 1.29 is 4.79 Å². The molecule has 144 valence electrons. The molecule has 0 unspecified atom stereocenters. The number of carbonyl (C=O) groups is 1. The second-order valence-corrected chi connectivity index (χ2v) is 6.45. The first-order valence-electron chi connectivity index (χ1n) is 9.15. The molecule has 0 aliphatic carbocycles. The molecule has 1 fully saturated rings. The van der Waals surface area contributed by atoms with Crippen LogP contribution in [-0.4, -0.2) is 52.3 Å². The molecule has 0 bridgehead atoms. The van der Waals surface area contributed by atoms with E-state index < -0.39 is 0 Å². The van der Waals surface area contributed by atoms with Gasteiger partial charge in [0.15, 0.2) is 11.5 Å². The molecule has 0 radical (unpaired) electrons. The Balaban J connectivity index is 1.37. The molecular formula is C20H18N8O.